The molecule has 0 aliphatic heterocycles. The molecule has 2 rings (SSSR count). The Kier molecular flexibility index (Phi) is 4.00. The number of halogens is 1. The van der Waals surface area contributed by atoms with Crippen LogP contribution in [0.3, 0.4) is 0 Å². The lowest BCUT2D eigenvalue weighted by Crippen LogP contribution is -1.98. The van der Waals surface area contributed by atoms with E-state index in [0.717, 1.165) is 11.3 Å². The topological polar surface area (TPSA) is 72.2 Å². The van der Waals surface area contributed by atoms with Crippen molar-refractivity contribution < 1.29 is 14.3 Å². The van der Waals surface area contributed by atoms with Crippen LogP contribution < -0.4 is 4.74 Å². The zero-order chi connectivity index (χ0) is 13.8. The third-order valence-corrected chi connectivity index (χ3v) is 3.40. The molecule has 0 saturated carbocycles. The number of nitriles is 1. The summed E-state index contributed by atoms with van der Waals surface area (Å²) in [5, 5.41) is 9.02. The van der Waals surface area contributed by atoms with E-state index in [2.05, 4.69) is 9.72 Å². The second kappa shape index (κ2) is 5.69. The number of methoxy groups -OCH3 is 1. The van der Waals surface area contributed by atoms with E-state index in [1.165, 1.54) is 7.11 Å². The van der Waals surface area contributed by atoms with Gasteiger partial charge in [0.2, 0.25) is 0 Å². The van der Waals surface area contributed by atoms with Crippen molar-refractivity contribution in [2.45, 2.75) is 0 Å². The molecule has 0 bridgehead atoms. The van der Waals surface area contributed by atoms with E-state index in [-0.39, 0.29) is 15.2 Å². The first-order valence-corrected chi connectivity index (χ1v) is 6.26. The number of carbonyl (C=O) groups excluding carboxylic acids is 1. The maximum Gasteiger partial charge on any atom is 0.351 e. The molecule has 0 fully saturated rings. The summed E-state index contributed by atoms with van der Waals surface area (Å²) in [4.78, 5) is 15.5. The van der Waals surface area contributed by atoms with E-state index >= 15 is 0 Å². The Bertz CT molecular complexity index is 663. The summed E-state index contributed by atoms with van der Waals surface area (Å²) in [6, 6.07) is 8.58. The number of hydrogen-bond acceptors (Lipinski definition) is 6. The number of benzene rings is 1. The first kappa shape index (κ1) is 13.3. The van der Waals surface area contributed by atoms with Gasteiger partial charge in [-0.25, -0.2) is 4.79 Å². The van der Waals surface area contributed by atoms with E-state index in [9.17, 15) is 4.79 Å². The van der Waals surface area contributed by atoms with Crippen LogP contribution in [-0.4, -0.2) is 18.1 Å². The number of hydrogen-bond donors (Lipinski definition) is 0. The van der Waals surface area contributed by atoms with Crippen molar-refractivity contribution in [1.82, 2.24) is 4.98 Å². The van der Waals surface area contributed by atoms with Crippen molar-refractivity contribution in [3.05, 3.63) is 39.9 Å². The Hall–Kier alpha value is -2.10. The summed E-state index contributed by atoms with van der Waals surface area (Å²) >= 11 is 6.79. The smallest absolute Gasteiger partial charge is 0.351 e. The molecule has 1 heterocycles. The maximum atomic E-state index is 11.4. The summed E-state index contributed by atoms with van der Waals surface area (Å²) in [5.74, 6) is -0.121. The number of thiazole rings is 1. The predicted octanol–water partition coefficient (Wildman–Crippen LogP) is 3.25. The van der Waals surface area contributed by atoms with Crippen LogP contribution in [0.25, 0.3) is 0 Å². The van der Waals surface area contributed by atoms with Crippen molar-refractivity contribution in [3.8, 4) is 17.0 Å². The van der Waals surface area contributed by atoms with Crippen molar-refractivity contribution in [2.24, 2.45) is 0 Å². The monoisotopic (exact) mass is 294 g/mol. The van der Waals surface area contributed by atoms with Gasteiger partial charge in [0.05, 0.1) is 18.7 Å². The normalized spacial score (nSPS) is 9.74. The van der Waals surface area contributed by atoms with Gasteiger partial charge in [-0.3, -0.25) is 0 Å². The molecular formula is C12H7ClN2O3S. The molecular weight excluding hydrogens is 288 g/mol. The molecule has 5 nitrogen and oxygen atoms in total. The summed E-state index contributed by atoms with van der Waals surface area (Å²) < 4.78 is 10.0. The summed E-state index contributed by atoms with van der Waals surface area (Å²) in [7, 11) is 1.26. The molecule has 0 aliphatic carbocycles. The predicted molar refractivity (Wildman–Crippen MR) is 69.7 cm³/mol. The van der Waals surface area contributed by atoms with Crippen LogP contribution in [0.2, 0.25) is 5.15 Å². The molecule has 0 aliphatic rings. The van der Waals surface area contributed by atoms with Crippen molar-refractivity contribution >= 4 is 28.9 Å². The number of rotatable bonds is 3. The van der Waals surface area contributed by atoms with Gasteiger partial charge in [0.25, 0.3) is 5.19 Å². The highest BCUT2D eigenvalue weighted by atomic mass is 35.5. The molecule has 1 aromatic heterocycles. The highest BCUT2D eigenvalue weighted by molar-refractivity contribution is 7.15. The van der Waals surface area contributed by atoms with Gasteiger partial charge in [0, 0.05) is 0 Å². The first-order valence-electron chi connectivity index (χ1n) is 5.06. The second-order valence-electron chi connectivity index (χ2n) is 3.33. The number of carbonyl (C=O) groups is 1. The molecule has 2 aromatic rings. The summed E-state index contributed by atoms with van der Waals surface area (Å²) in [6.07, 6.45) is 0. The molecule has 0 unspecified atom stereocenters. The average Bonchev–Trinajstić information content (AvgIpc) is 2.79. The standard InChI is InChI=1S/C12H7ClN2O3S/c1-17-11(16)9-10(13)15-12(19-9)18-8-4-2-3-7(5-8)6-14/h2-5H,1H3. The Morgan fingerprint density at radius 1 is 1.53 bits per heavy atom. The minimum atomic E-state index is -0.567. The summed E-state index contributed by atoms with van der Waals surface area (Å²) in [6.45, 7) is 0. The lowest BCUT2D eigenvalue weighted by atomic mass is 10.2. The molecule has 96 valence electrons. The average molecular weight is 295 g/mol. The fraction of sp³-hybridized carbons (Fsp3) is 0.0833. The largest absolute Gasteiger partial charge is 0.465 e. The molecule has 19 heavy (non-hydrogen) atoms. The minimum Gasteiger partial charge on any atom is -0.465 e. The molecule has 0 radical (unpaired) electrons. The molecule has 0 saturated heterocycles. The summed E-state index contributed by atoms with van der Waals surface area (Å²) in [5.41, 5.74) is 0.466. The van der Waals surface area contributed by atoms with Crippen molar-refractivity contribution in [1.29, 1.82) is 5.26 Å². The molecule has 0 amide bonds. The Balaban J connectivity index is 2.24. The highest BCUT2D eigenvalue weighted by Crippen LogP contribution is 2.32. The van der Waals surface area contributed by atoms with E-state index in [1.807, 2.05) is 6.07 Å². The zero-order valence-corrected chi connectivity index (χ0v) is 11.3. The zero-order valence-electron chi connectivity index (χ0n) is 9.71. The third kappa shape index (κ3) is 3.02. The van der Waals surface area contributed by atoms with E-state index in [0.29, 0.717) is 11.3 Å². The Morgan fingerprint density at radius 3 is 3.00 bits per heavy atom. The van der Waals surface area contributed by atoms with E-state index in [4.69, 9.17) is 21.6 Å². The first-order chi connectivity index (χ1) is 9.13. The second-order valence-corrected chi connectivity index (χ2v) is 4.65. The van der Waals surface area contributed by atoms with Crippen molar-refractivity contribution in [2.75, 3.05) is 7.11 Å². The Morgan fingerprint density at radius 2 is 2.32 bits per heavy atom. The highest BCUT2D eigenvalue weighted by Gasteiger charge is 2.18. The number of ether oxygens (including phenoxy) is 2. The van der Waals surface area contributed by atoms with Crippen LogP contribution in [0.5, 0.6) is 10.9 Å². The van der Waals surface area contributed by atoms with Gasteiger partial charge in [-0.05, 0) is 18.2 Å². The van der Waals surface area contributed by atoms with Gasteiger partial charge in [-0.2, -0.15) is 10.2 Å². The van der Waals surface area contributed by atoms with E-state index < -0.39 is 5.97 Å². The maximum absolute atomic E-state index is 11.4. The fourth-order valence-corrected chi connectivity index (χ4v) is 2.34. The minimum absolute atomic E-state index is 0.0308. The van der Waals surface area contributed by atoms with Crippen LogP contribution in [-0.2, 0) is 4.74 Å². The van der Waals surface area contributed by atoms with Crippen LogP contribution in [0.4, 0.5) is 0 Å². The lowest BCUT2D eigenvalue weighted by Gasteiger charge is -2.00. The fourth-order valence-electron chi connectivity index (χ4n) is 1.28. The van der Waals surface area contributed by atoms with Crippen LogP contribution >= 0.6 is 22.9 Å². The lowest BCUT2D eigenvalue weighted by molar-refractivity contribution is 0.0606. The molecule has 0 N–H and O–H groups in total. The number of esters is 1. The van der Waals surface area contributed by atoms with Gasteiger partial charge in [0.1, 0.15) is 5.75 Å². The van der Waals surface area contributed by atoms with Gasteiger partial charge in [-0.1, -0.05) is 29.0 Å². The van der Waals surface area contributed by atoms with Gasteiger partial charge in [-0.15, -0.1) is 0 Å². The van der Waals surface area contributed by atoms with Crippen LogP contribution in [0.1, 0.15) is 15.2 Å². The molecule has 0 atom stereocenters. The molecule has 0 spiro atoms. The van der Waals surface area contributed by atoms with Gasteiger partial charge < -0.3 is 9.47 Å². The number of nitrogens with zero attached hydrogens (tertiary/aromatic N) is 2. The van der Waals surface area contributed by atoms with Gasteiger partial charge in [0.15, 0.2) is 10.0 Å². The Labute approximate surface area is 118 Å². The SMILES string of the molecule is COC(=O)c1sc(Oc2cccc(C#N)c2)nc1Cl. The van der Waals surface area contributed by atoms with Crippen LogP contribution in [0, 0.1) is 11.3 Å². The molecule has 7 heteroatoms. The number of aromatic nitrogens is 1. The third-order valence-electron chi connectivity index (χ3n) is 2.11. The van der Waals surface area contributed by atoms with Crippen LogP contribution in [0.15, 0.2) is 24.3 Å². The molecule has 1 aromatic carbocycles. The quantitative estimate of drug-likeness (QED) is 0.813. The van der Waals surface area contributed by atoms with Gasteiger partial charge >= 0.3 is 5.97 Å². The van der Waals surface area contributed by atoms with Crippen molar-refractivity contribution in [3.63, 3.8) is 0 Å². The van der Waals surface area contributed by atoms with E-state index in [1.54, 1.807) is 24.3 Å².